The molecule has 1 aliphatic rings. The predicted molar refractivity (Wildman–Crippen MR) is 224 cm³/mol. The van der Waals surface area contributed by atoms with Gasteiger partial charge in [0.2, 0.25) is 0 Å². The number of benzene rings is 8. The number of hydrogen-bond acceptors (Lipinski definition) is 1. The third-order valence-corrected chi connectivity index (χ3v) is 11.7. The molecule has 2 nitrogen and oxygen atoms in total. The highest BCUT2D eigenvalue weighted by molar-refractivity contribution is 6.27. The van der Waals surface area contributed by atoms with Crippen LogP contribution in [0.5, 0.6) is 0 Å². The summed E-state index contributed by atoms with van der Waals surface area (Å²) in [6.07, 6.45) is 0. The van der Waals surface area contributed by atoms with Gasteiger partial charge in [0.1, 0.15) is 0 Å². The second-order valence-electron chi connectivity index (χ2n) is 15.0. The van der Waals surface area contributed by atoms with Crippen molar-refractivity contribution < 1.29 is 0 Å². The fourth-order valence-electron chi connectivity index (χ4n) is 9.24. The lowest BCUT2D eigenvalue weighted by Crippen LogP contribution is -2.15. The number of aromatic nitrogens is 1. The quantitative estimate of drug-likeness (QED) is 0.176. The number of nitrogens with zero attached hydrogens (tertiary/aromatic N) is 2. The summed E-state index contributed by atoms with van der Waals surface area (Å²) in [5, 5.41) is 5.09. The van der Waals surface area contributed by atoms with E-state index in [2.05, 4.69) is 205 Å². The van der Waals surface area contributed by atoms with Crippen LogP contribution < -0.4 is 4.90 Å². The van der Waals surface area contributed by atoms with E-state index in [0.29, 0.717) is 0 Å². The van der Waals surface area contributed by atoms with Crippen molar-refractivity contribution in [2.75, 3.05) is 4.90 Å². The Labute approximate surface area is 309 Å². The van der Waals surface area contributed by atoms with Crippen LogP contribution in [-0.2, 0) is 5.41 Å². The van der Waals surface area contributed by atoms with E-state index >= 15 is 0 Å². The van der Waals surface area contributed by atoms with E-state index in [-0.39, 0.29) is 5.41 Å². The minimum absolute atomic E-state index is 0.0736. The molecule has 0 amide bonds. The molecule has 2 aromatic heterocycles. The normalized spacial score (nSPS) is 13.2. The van der Waals surface area contributed by atoms with Gasteiger partial charge in [-0.3, -0.25) is 0 Å². The zero-order valence-electron chi connectivity index (χ0n) is 29.7. The lowest BCUT2D eigenvalue weighted by Gasteiger charge is -2.29. The predicted octanol–water partition coefficient (Wildman–Crippen LogP) is 13.9. The first-order valence-corrected chi connectivity index (χ1v) is 18.5. The van der Waals surface area contributed by atoms with Crippen molar-refractivity contribution >= 4 is 55.2 Å². The van der Waals surface area contributed by atoms with Gasteiger partial charge < -0.3 is 9.30 Å². The van der Waals surface area contributed by atoms with Gasteiger partial charge in [-0.15, -0.1) is 0 Å². The molecule has 2 heterocycles. The van der Waals surface area contributed by atoms with Crippen LogP contribution in [-0.4, -0.2) is 4.40 Å². The maximum absolute atomic E-state index is 2.52. The van der Waals surface area contributed by atoms with Crippen LogP contribution in [0.4, 0.5) is 17.1 Å². The van der Waals surface area contributed by atoms with E-state index in [1.807, 2.05) is 0 Å². The van der Waals surface area contributed by atoms with Gasteiger partial charge in [-0.05, 0) is 93.0 Å². The summed E-state index contributed by atoms with van der Waals surface area (Å²) in [6, 6.07) is 67.2. The van der Waals surface area contributed by atoms with Crippen LogP contribution in [0.1, 0.15) is 25.0 Å². The number of rotatable bonds is 5. The van der Waals surface area contributed by atoms with Gasteiger partial charge in [-0.1, -0.05) is 147 Å². The Bertz CT molecular complexity index is 2970. The van der Waals surface area contributed by atoms with Gasteiger partial charge in [-0.2, -0.15) is 0 Å². The molecule has 1 aliphatic carbocycles. The molecule has 10 aromatic rings. The van der Waals surface area contributed by atoms with E-state index in [1.165, 1.54) is 88.3 Å². The van der Waals surface area contributed by atoms with Crippen molar-refractivity contribution in [3.8, 4) is 33.4 Å². The third kappa shape index (κ3) is 4.33. The largest absolute Gasteiger partial charge is 0.310 e. The average Bonchev–Trinajstić information content (AvgIpc) is 3.82. The van der Waals surface area contributed by atoms with Crippen LogP contribution in [0.2, 0.25) is 0 Å². The van der Waals surface area contributed by atoms with Gasteiger partial charge in [-0.25, -0.2) is 0 Å². The Balaban J connectivity index is 1.26. The molecule has 0 saturated heterocycles. The maximum Gasteiger partial charge on any atom is 0.0641 e. The lowest BCUT2D eigenvalue weighted by molar-refractivity contribution is 0.660. The molecule has 0 radical (unpaired) electrons. The molecule has 0 spiro atoms. The number of fused-ring (bicyclic) bond motifs is 9. The molecule has 0 N–H and O–H groups in total. The Hall–Kier alpha value is -6.64. The van der Waals surface area contributed by atoms with Crippen molar-refractivity contribution in [1.82, 2.24) is 4.40 Å². The molecule has 8 aromatic carbocycles. The van der Waals surface area contributed by atoms with E-state index in [1.54, 1.807) is 0 Å². The molecule has 0 saturated carbocycles. The third-order valence-electron chi connectivity index (χ3n) is 11.7. The van der Waals surface area contributed by atoms with E-state index in [4.69, 9.17) is 0 Å². The van der Waals surface area contributed by atoms with Crippen molar-refractivity contribution in [2.45, 2.75) is 19.3 Å². The molecule has 11 rings (SSSR count). The highest BCUT2D eigenvalue weighted by Gasteiger charge is 2.36. The van der Waals surface area contributed by atoms with Crippen LogP contribution in [0, 0.1) is 0 Å². The zero-order valence-corrected chi connectivity index (χ0v) is 29.7. The summed E-state index contributed by atoms with van der Waals surface area (Å²) in [5.41, 5.74) is 17.3. The van der Waals surface area contributed by atoms with Crippen molar-refractivity contribution in [3.05, 3.63) is 193 Å². The first kappa shape index (κ1) is 30.0. The number of para-hydroxylation sites is 2. The van der Waals surface area contributed by atoms with E-state index in [9.17, 15) is 0 Å². The summed E-state index contributed by atoms with van der Waals surface area (Å²) in [5.74, 6) is 0. The summed E-state index contributed by atoms with van der Waals surface area (Å²) < 4.78 is 2.48. The molecular formula is C51H36N2. The van der Waals surface area contributed by atoms with Crippen LogP contribution in [0.25, 0.3) is 71.5 Å². The second kappa shape index (κ2) is 11.2. The second-order valence-corrected chi connectivity index (χ2v) is 15.0. The van der Waals surface area contributed by atoms with E-state index < -0.39 is 0 Å². The molecule has 0 fully saturated rings. The fourth-order valence-corrected chi connectivity index (χ4v) is 9.24. The molecule has 250 valence electrons. The Kier molecular flexibility index (Phi) is 6.33. The molecule has 0 atom stereocenters. The van der Waals surface area contributed by atoms with Crippen LogP contribution >= 0.6 is 0 Å². The topological polar surface area (TPSA) is 7.65 Å². The molecule has 2 heteroatoms. The average molecular weight is 677 g/mol. The van der Waals surface area contributed by atoms with Crippen molar-refractivity contribution in [3.63, 3.8) is 0 Å². The lowest BCUT2D eigenvalue weighted by atomic mass is 9.82. The first-order valence-electron chi connectivity index (χ1n) is 18.5. The summed E-state index contributed by atoms with van der Waals surface area (Å²) >= 11 is 0. The number of anilines is 3. The smallest absolute Gasteiger partial charge is 0.0641 e. The summed E-state index contributed by atoms with van der Waals surface area (Å²) in [6.45, 7) is 4.71. The minimum Gasteiger partial charge on any atom is -0.310 e. The van der Waals surface area contributed by atoms with Crippen molar-refractivity contribution in [1.29, 1.82) is 0 Å². The first-order chi connectivity index (χ1) is 26.1. The maximum atomic E-state index is 2.52. The van der Waals surface area contributed by atoms with Crippen LogP contribution in [0.15, 0.2) is 182 Å². The monoisotopic (exact) mass is 676 g/mol. The Morgan fingerprint density at radius 2 is 1.00 bits per heavy atom. The van der Waals surface area contributed by atoms with E-state index in [0.717, 1.165) is 11.4 Å². The minimum atomic E-state index is -0.0736. The van der Waals surface area contributed by atoms with Gasteiger partial charge >= 0.3 is 0 Å². The molecule has 53 heavy (non-hydrogen) atoms. The molecule has 0 unspecified atom stereocenters. The van der Waals surface area contributed by atoms with Gasteiger partial charge in [0.05, 0.1) is 22.2 Å². The Morgan fingerprint density at radius 3 is 1.72 bits per heavy atom. The molecular weight excluding hydrogens is 641 g/mol. The van der Waals surface area contributed by atoms with Gasteiger partial charge in [0, 0.05) is 38.3 Å². The highest BCUT2D eigenvalue weighted by Crippen LogP contribution is 2.52. The number of hydrogen-bond donors (Lipinski definition) is 0. The standard InChI is InChI=1S/C51H36N2/c1-51(2)44-22-12-9-19-39(44)43-32-37(25-27-45(43)51)52(38-30-35(33-15-5-3-6-16-33)29-36(31-38)34-17-7-4-8-18-34)48-28-26-41-40-20-10-13-23-46(40)53-47-24-14-11-21-42(47)49(48)50(41)53/h3-32H,1-2H3. The van der Waals surface area contributed by atoms with Gasteiger partial charge in [0.25, 0.3) is 0 Å². The van der Waals surface area contributed by atoms with Gasteiger partial charge in [0.15, 0.2) is 0 Å². The molecule has 0 aliphatic heterocycles. The highest BCUT2D eigenvalue weighted by atomic mass is 15.1. The fraction of sp³-hybridized carbons (Fsp3) is 0.0588. The summed E-state index contributed by atoms with van der Waals surface area (Å²) in [4.78, 5) is 2.52. The SMILES string of the molecule is CC1(C)c2ccccc2-c2cc(N(c3cc(-c4ccccc4)cc(-c4ccccc4)c3)c3ccc4c5ccccc5n5c6ccccc6c3c45)ccc21. The summed E-state index contributed by atoms with van der Waals surface area (Å²) in [7, 11) is 0. The van der Waals surface area contributed by atoms with Crippen molar-refractivity contribution in [2.24, 2.45) is 0 Å². The molecule has 0 bridgehead atoms. The van der Waals surface area contributed by atoms with Crippen LogP contribution in [0.3, 0.4) is 0 Å². The Morgan fingerprint density at radius 1 is 0.415 bits per heavy atom. The zero-order chi connectivity index (χ0) is 35.3.